The molecular formula is C54H28N2O4P2. The van der Waals surface area contributed by atoms with E-state index in [4.69, 9.17) is 17.7 Å². The number of fused-ring (bicyclic) bond motifs is 7. The second-order valence-corrected chi connectivity index (χ2v) is 20.5. The zero-order chi connectivity index (χ0) is 39.9. The van der Waals surface area contributed by atoms with Crippen molar-refractivity contribution in [2.75, 3.05) is 0 Å². The highest BCUT2D eigenvalue weighted by molar-refractivity contribution is 7.64. The maximum absolute atomic E-state index is 7.33. The van der Waals surface area contributed by atoms with Gasteiger partial charge in [0, 0.05) is 32.9 Å². The average molecular weight is 831 g/mol. The molecule has 0 saturated heterocycles. The van der Waals surface area contributed by atoms with Crippen molar-refractivity contribution in [3.8, 4) is 11.4 Å². The molecule has 0 saturated carbocycles. The Kier molecular flexibility index (Phi) is 5.81. The van der Waals surface area contributed by atoms with Gasteiger partial charge in [-0.2, -0.15) is 0 Å². The summed E-state index contributed by atoms with van der Waals surface area (Å²) in [5, 5.41) is 13.7. The van der Waals surface area contributed by atoms with E-state index < -0.39 is 14.7 Å². The average Bonchev–Trinajstić information content (AvgIpc) is 3.32. The van der Waals surface area contributed by atoms with E-state index in [9.17, 15) is 0 Å². The SMILES string of the molecule is c1ccc(-n2c3cccc4oc5c6ccccc6cc6oc7cc8c(cc9oc%10cc%11ccccc%11c%11oc%12cccc%13c%12p(c%10%11)c9c8n%13-c8ccccc8)c2c7p(c65)c43)cc1. The van der Waals surface area contributed by atoms with Crippen molar-refractivity contribution in [1.82, 2.24) is 9.13 Å². The molecular weight excluding hydrogens is 803 g/mol. The van der Waals surface area contributed by atoms with Crippen LogP contribution >= 0.6 is 14.7 Å². The highest BCUT2D eigenvalue weighted by Crippen LogP contribution is 2.61. The number of aromatic nitrogens is 2. The number of hydrogen-bond acceptors (Lipinski definition) is 4. The first-order valence-corrected chi connectivity index (χ1v) is 23.5. The summed E-state index contributed by atoms with van der Waals surface area (Å²) in [5.41, 5.74) is 13.7. The molecule has 288 valence electrons. The fourth-order valence-electron chi connectivity index (χ4n) is 10.9. The van der Waals surface area contributed by atoms with E-state index in [1.807, 2.05) is 0 Å². The second kappa shape index (κ2) is 11.2. The number of nitrogens with zero attached hydrogens (tertiary/aromatic N) is 2. The largest absolute Gasteiger partial charge is 0.455 e. The summed E-state index contributed by atoms with van der Waals surface area (Å²) < 4.78 is 33.6. The van der Waals surface area contributed by atoms with Gasteiger partial charge >= 0.3 is 0 Å². The van der Waals surface area contributed by atoms with Crippen LogP contribution in [0.2, 0.25) is 0 Å². The van der Waals surface area contributed by atoms with Crippen LogP contribution < -0.4 is 0 Å². The van der Waals surface area contributed by atoms with E-state index in [1.165, 1.54) is 20.5 Å². The number of benzene rings is 10. The smallest absolute Gasteiger partial charge is 0.150 e. The normalized spacial score (nSPS) is 13.4. The van der Waals surface area contributed by atoms with Crippen molar-refractivity contribution >= 4 is 144 Å². The van der Waals surface area contributed by atoms with Gasteiger partial charge in [0.2, 0.25) is 0 Å². The van der Waals surface area contributed by atoms with Crippen LogP contribution in [-0.2, 0) is 0 Å². The number of para-hydroxylation sites is 2. The molecule has 16 aromatic rings. The van der Waals surface area contributed by atoms with Crippen molar-refractivity contribution < 1.29 is 17.7 Å². The van der Waals surface area contributed by atoms with Gasteiger partial charge in [-0.25, -0.2) is 0 Å². The lowest BCUT2D eigenvalue weighted by atomic mass is 10.1. The van der Waals surface area contributed by atoms with Crippen molar-refractivity contribution in [3.05, 3.63) is 170 Å². The molecule has 62 heavy (non-hydrogen) atoms. The molecule has 0 spiro atoms. The van der Waals surface area contributed by atoms with E-state index in [0.29, 0.717) is 0 Å². The van der Waals surface area contributed by atoms with E-state index in [1.54, 1.807) is 0 Å². The van der Waals surface area contributed by atoms with Gasteiger partial charge < -0.3 is 26.8 Å². The molecule has 0 bridgehead atoms. The van der Waals surface area contributed by atoms with Crippen LogP contribution in [0.4, 0.5) is 0 Å². The molecule has 2 atom stereocenters. The van der Waals surface area contributed by atoms with Gasteiger partial charge in [0.05, 0.1) is 52.8 Å². The summed E-state index contributed by atoms with van der Waals surface area (Å²) >= 11 is 0. The minimum Gasteiger partial charge on any atom is -0.455 e. The Morgan fingerprint density at radius 2 is 0.726 bits per heavy atom. The Morgan fingerprint density at radius 1 is 0.306 bits per heavy atom. The fraction of sp³-hybridized carbons (Fsp3) is 0. The van der Waals surface area contributed by atoms with Gasteiger partial charge in [-0.15, -0.1) is 0 Å². The summed E-state index contributed by atoms with van der Waals surface area (Å²) in [6.45, 7) is 0. The molecule has 0 aliphatic heterocycles. The van der Waals surface area contributed by atoms with Crippen LogP contribution in [0.3, 0.4) is 0 Å². The summed E-state index contributed by atoms with van der Waals surface area (Å²) in [7, 11) is -2.20. The minimum absolute atomic E-state index is 0.861. The molecule has 0 radical (unpaired) electrons. The fourth-order valence-corrected chi connectivity index (χ4v) is 16.6. The van der Waals surface area contributed by atoms with Crippen molar-refractivity contribution in [2.24, 2.45) is 0 Å². The Morgan fingerprint density at radius 3 is 1.19 bits per heavy atom. The molecule has 10 aromatic carbocycles. The molecule has 0 aliphatic carbocycles. The van der Waals surface area contributed by atoms with Crippen molar-refractivity contribution in [1.29, 1.82) is 0 Å². The standard InChI is InChI=1S/C54H28N2O4P2/c1-3-15-31(16-4-1)55-37-21-11-23-39-49(37)61-51-43(57-41-25-29-13-7-9-19-33(29)47(59-39)53(41)61)28-36-35(45(51)55)27-44-52-46(36)56(32-17-5-2-6-18-32)38-22-12-24-40-50(38)62(52)54-42(58-44)26-30-14-8-10-20-34(30)48(54)60-40/h1-28H. The summed E-state index contributed by atoms with van der Waals surface area (Å²) in [6, 6.07) is 60.7. The van der Waals surface area contributed by atoms with Crippen LogP contribution in [0.1, 0.15) is 0 Å². The zero-order valence-corrected chi connectivity index (χ0v) is 34.4. The van der Waals surface area contributed by atoms with Crippen LogP contribution in [0.25, 0.3) is 141 Å². The topological polar surface area (TPSA) is 62.4 Å². The molecule has 16 rings (SSSR count). The predicted molar refractivity (Wildman–Crippen MR) is 258 cm³/mol. The van der Waals surface area contributed by atoms with Crippen LogP contribution in [0, 0.1) is 0 Å². The maximum Gasteiger partial charge on any atom is 0.150 e. The predicted octanol–water partition coefficient (Wildman–Crippen LogP) is 17.2. The van der Waals surface area contributed by atoms with Crippen molar-refractivity contribution in [3.63, 3.8) is 0 Å². The molecule has 6 aromatic heterocycles. The molecule has 0 amide bonds. The van der Waals surface area contributed by atoms with Gasteiger partial charge in [0.15, 0.2) is 11.2 Å². The molecule has 0 N–H and O–H groups in total. The monoisotopic (exact) mass is 830 g/mol. The lowest BCUT2D eigenvalue weighted by Crippen LogP contribution is -2.04. The molecule has 0 fully saturated rings. The van der Waals surface area contributed by atoms with E-state index >= 15 is 0 Å². The van der Waals surface area contributed by atoms with Gasteiger partial charge in [-0.3, -0.25) is 0 Å². The summed E-state index contributed by atoms with van der Waals surface area (Å²) in [4.78, 5) is 0. The zero-order valence-electron chi connectivity index (χ0n) is 32.6. The van der Waals surface area contributed by atoms with Crippen molar-refractivity contribution in [2.45, 2.75) is 0 Å². The Bertz CT molecular complexity index is 4330. The molecule has 6 nitrogen and oxygen atoms in total. The quantitative estimate of drug-likeness (QED) is 0.129. The first-order chi connectivity index (χ1) is 30.8. The Hall–Kier alpha value is -7.62. The van der Waals surface area contributed by atoms with Crippen LogP contribution in [-0.4, -0.2) is 9.13 Å². The maximum atomic E-state index is 7.33. The van der Waals surface area contributed by atoms with E-state index in [0.717, 1.165) is 121 Å². The highest BCUT2D eigenvalue weighted by Gasteiger charge is 2.30. The number of hydrogen-bond donors (Lipinski definition) is 0. The van der Waals surface area contributed by atoms with Gasteiger partial charge in [0.25, 0.3) is 0 Å². The van der Waals surface area contributed by atoms with Gasteiger partial charge in [0.1, 0.15) is 33.5 Å². The highest BCUT2D eigenvalue weighted by atomic mass is 31.1. The first-order valence-electron chi connectivity index (χ1n) is 20.8. The second-order valence-electron chi connectivity index (χ2n) is 16.5. The van der Waals surface area contributed by atoms with Gasteiger partial charge in [-0.1, -0.05) is 112 Å². The first kappa shape index (κ1) is 32.2. The lowest BCUT2D eigenvalue weighted by Gasteiger charge is -2.26. The summed E-state index contributed by atoms with van der Waals surface area (Å²) in [5.74, 6) is 0. The molecule has 2 unspecified atom stereocenters. The lowest BCUT2D eigenvalue weighted by molar-refractivity contribution is 0.653. The molecule has 8 heteroatoms. The molecule has 0 aliphatic rings. The summed E-state index contributed by atoms with van der Waals surface area (Å²) in [6.07, 6.45) is 0. The number of rotatable bonds is 2. The molecule has 6 heterocycles. The third kappa shape index (κ3) is 3.82. The Balaban J connectivity index is 1.26. The van der Waals surface area contributed by atoms with E-state index in [2.05, 4.69) is 179 Å². The van der Waals surface area contributed by atoms with Crippen LogP contribution in [0.15, 0.2) is 188 Å². The third-order valence-corrected chi connectivity index (χ3v) is 18.6. The van der Waals surface area contributed by atoms with E-state index in [-0.39, 0.29) is 0 Å². The minimum atomic E-state index is -1.10. The third-order valence-electron chi connectivity index (χ3n) is 13.3. The van der Waals surface area contributed by atoms with Gasteiger partial charge in [-0.05, 0) is 83.6 Å². The van der Waals surface area contributed by atoms with Crippen LogP contribution in [0.5, 0.6) is 0 Å². The Labute approximate surface area is 351 Å².